The number of anilines is 1. The molecule has 0 spiro atoms. The maximum atomic E-state index is 15.3. The number of fused-ring (bicyclic) bond motifs is 1. The van der Waals surface area contributed by atoms with E-state index < -0.39 is 17.7 Å². The van der Waals surface area contributed by atoms with Gasteiger partial charge in [0, 0.05) is 37.7 Å². The van der Waals surface area contributed by atoms with Crippen molar-refractivity contribution in [2.24, 2.45) is 11.8 Å². The summed E-state index contributed by atoms with van der Waals surface area (Å²) in [6.45, 7) is 5.12. The molecule has 0 unspecified atom stereocenters. The number of aryl methyl sites for hydroxylation is 1. The molecule has 2 atom stereocenters. The Morgan fingerprint density at radius 1 is 1.16 bits per heavy atom. The summed E-state index contributed by atoms with van der Waals surface area (Å²) in [5.41, 5.74) is 1.36. The van der Waals surface area contributed by atoms with E-state index >= 15 is 4.39 Å². The van der Waals surface area contributed by atoms with Crippen molar-refractivity contribution >= 4 is 41.1 Å². The predicted molar refractivity (Wildman–Crippen MR) is 163 cm³/mol. The molecule has 2 aromatic rings. The number of nitrogens with zero attached hydrogens (tertiary/aromatic N) is 2. The first-order valence-corrected chi connectivity index (χ1v) is 16.0. The number of hydrogen-bond donors (Lipinski definition) is 2. The van der Waals surface area contributed by atoms with Crippen molar-refractivity contribution in [3.63, 3.8) is 0 Å². The lowest BCUT2D eigenvalue weighted by Crippen LogP contribution is -2.52. The van der Waals surface area contributed by atoms with Crippen LogP contribution >= 0.6 is 11.6 Å². The van der Waals surface area contributed by atoms with Gasteiger partial charge in [-0.2, -0.15) is 0 Å². The molecular formula is C33H39ClFN3O6. The first-order valence-electron chi connectivity index (χ1n) is 15.6. The molecule has 2 saturated heterocycles. The topological polar surface area (TPSA) is 112 Å². The standard InChI is InChI=1S/C33H39ClFN3O6/c1-19-14-37(15-19)22-12-23(17-43-24-8-6-20(7-9-24)33(41)42)38(16-22)31(39)11-21-10-27(34)29(13-28(21)35)36-32(40)26-18-44-30-5-3-2-4-25(26)30/h2,4,10,13,18-20,22-24H,3,5-9,11-12,14-17H2,1H3,(H,36,40)(H,41,42)/t20?,22-,23-,24?/m0/s1. The molecule has 2 amide bonds. The van der Waals surface area contributed by atoms with E-state index in [1.165, 1.54) is 12.3 Å². The van der Waals surface area contributed by atoms with Gasteiger partial charge in [0.2, 0.25) is 5.91 Å². The molecular weight excluding hydrogens is 589 g/mol. The zero-order chi connectivity index (χ0) is 31.0. The number of likely N-dealkylation sites (tertiary alicyclic amines) is 2. The number of carbonyl (C=O) groups is 3. The van der Waals surface area contributed by atoms with Gasteiger partial charge in [-0.1, -0.05) is 30.7 Å². The predicted octanol–water partition coefficient (Wildman–Crippen LogP) is 5.41. The maximum Gasteiger partial charge on any atom is 0.306 e. The smallest absolute Gasteiger partial charge is 0.306 e. The minimum atomic E-state index is -0.751. The summed E-state index contributed by atoms with van der Waals surface area (Å²) in [7, 11) is 0. The van der Waals surface area contributed by atoms with Crippen LogP contribution in [0, 0.1) is 17.7 Å². The number of hydrogen-bond acceptors (Lipinski definition) is 6. The maximum absolute atomic E-state index is 15.3. The van der Waals surface area contributed by atoms with Crippen LogP contribution < -0.4 is 5.32 Å². The van der Waals surface area contributed by atoms with Crippen molar-refractivity contribution in [3.8, 4) is 0 Å². The summed E-state index contributed by atoms with van der Waals surface area (Å²) < 4.78 is 27.1. The molecule has 1 saturated carbocycles. The van der Waals surface area contributed by atoms with Gasteiger partial charge in [0.15, 0.2) is 0 Å². The molecule has 1 aromatic carbocycles. The highest BCUT2D eigenvalue weighted by atomic mass is 35.5. The summed E-state index contributed by atoms with van der Waals surface area (Å²) in [6, 6.07) is 2.65. The van der Waals surface area contributed by atoms with Crippen LogP contribution in [-0.4, -0.2) is 77.1 Å². The van der Waals surface area contributed by atoms with Gasteiger partial charge in [-0.15, -0.1) is 0 Å². The molecule has 236 valence electrons. The van der Waals surface area contributed by atoms with E-state index in [0.29, 0.717) is 56.7 Å². The van der Waals surface area contributed by atoms with Crippen molar-refractivity contribution in [3.05, 3.63) is 57.8 Å². The van der Waals surface area contributed by atoms with Gasteiger partial charge in [-0.05, 0) is 62.1 Å². The largest absolute Gasteiger partial charge is 0.481 e. The van der Waals surface area contributed by atoms with E-state index in [1.807, 2.05) is 17.1 Å². The lowest BCUT2D eigenvalue weighted by molar-refractivity contribution is -0.144. The fourth-order valence-corrected chi connectivity index (χ4v) is 7.27. The second-order valence-corrected chi connectivity index (χ2v) is 13.2. The van der Waals surface area contributed by atoms with Crippen LogP contribution in [0.4, 0.5) is 10.1 Å². The average Bonchev–Trinajstić information content (AvgIpc) is 3.62. The number of allylic oxidation sites excluding steroid dienone is 1. The second kappa shape index (κ2) is 13.0. The Morgan fingerprint density at radius 3 is 2.66 bits per heavy atom. The van der Waals surface area contributed by atoms with E-state index in [0.717, 1.165) is 43.3 Å². The Hall–Kier alpha value is -3.21. The van der Waals surface area contributed by atoms with Gasteiger partial charge < -0.3 is 24.5 Å². The molecule has 3 fully saturated rings. The molecule has 3 heterocycles. The number of benzene rings is 1. The SMILES string of the molecule is CC1CN([C@H]2C[C@@H](COC3CCC(C(=O)O)CC3)N(C(=O)Cc3cc(Cl)c(NC(=O)c4coc5c4C=CCC5)cc3F)C2)C1. The van der Waals surface area contributed by atoms with Crippen LogP contribution in [0.15, 0.2) is 28.9 Å². The Kier molecular flexibility index (Phi) is 9.12. The van der Waals surface area contributed by atoms with Crippen molar-refractivity contribution in [1.29, 1.82) is 0 Å². The van der Waals surface area contributed by atoms with Gasteiger partial charge in [0.1, 0.15) is 17.8 Å². The van der Waals surface area contributed by atoms with Gasteiger partial charge in [0.05, 0.1) is 47.4 Å². The molecule has 2 aliphatic carbocycles. The third-order valence-corrected chi connectivity index (χ3v) is 9.88. The Morgan fingerprint density at radius 2 is 1.93 bits per heavy atom. The lowest BCUT2D eigenvalue weighted by atomic mass is 9.87. The van der Waals surface area contributed by atoms with Crippen LogP contribution in [0.25, 0.3) is 6.08 Å². The number of amides is 2. The molecule has 44 heavy (non-hydrogen) atoms. The highest BCUT2D eigenvalue weighted by Crippen LogP contribution is 2.33. The average molecular weight is 628 g/mol. The summed E-state index contributed by atoms with van der Waals surface area (Å²) in [6.07, 6.45) is 9.96. The molecule has 9 nitrogen and oxygen atoms in total. The van der Waals surface area contributed by atoms with E-state index in [-0.39, 0.29) is 52.7 Å². The minimum Gasteiger partial charge on any atom is -0.481 e. The van der Waals surface area contributed by atoms with Gasteiger partial charge in [-0.3, -0.25) is 19.3 Å². The van der Waals surface area contributed by atoms with Crippen molar-refractivity contribution in [2.75, 3.05) is 31.6 Å². The van der Waals surface area contributed by atoms with Gasteiger partial charge in [-0.25, -0.2) is 4.39 Å². The van der Waals surface area contributed by atoms with E-state index in [1.54, 1.807) is 0 Å². The summed E-state index contributed by atoms with van der Waals surface area (Å²) in [5.74, 6) is -0.967. The van der Waals surface area contributed by atoms with E-state index in [9.17, 15) is 19.5 Å². The highest BCUT2D eigenvalue weighted by Gasteiger charge is 2.41. The minimum absolute atomic E-state index is 0.0202. The molecule has 2 aliphatic heterocycles. The number of carboxylic acids is 1. The Labute approximate surface area is 261 Å². The third-order valence-electron chi connectivity index (χ3n) is 9.57. The molecule has 0 radical (unpaired) electrons. The zero-order valence-electron chi connectivity index (χ0n) is 24.9. The number of carboxylic acid groups (broad SMARTS) is 1. The van der Waals surface area contributed by atoms with Crippen molar-refractivity contribution in [2.45, 2.75) is 76.5 Å². The normalized spacial score (nSPS) is 25.5. The van der Waals surface area contributed by atoms with Crippen LogP contribution in [-0.2, 0) is 27.2 Å². The first kappa shape index (κ1) is 30.8. The van der Waals surface area contributed by atoms with Crippen LogP contribution in [0.3, 0.4) is 0 Å². The highest BCUT2D eigenvalue weighted by molar-refractivity contribution is 6.34. The van der Waals surface area contributed by atoms with E-state index in [4.69, 9.17) is 20.8 Å². The van der Waals surface area contributed by atoms with Crippen molar-refractivity contribution < 1.29 is 33.0 Å². The fourth-order valence-electron chi connectivity index (χ4n) is 7.04. The second-order valence-electron chi connectivity index (χ2n) is 12.8. The van der Waals surface area contributed by atoms with Gasteiger partial charge in [0.25, 0.3) is 5.91 Å². The number of furan rings is 1. The first-order chi connectivity index (χ1) is 21.2. The molecule has 6 rings (SSSR count). The number of ether oxygens (including phenoxy) is 1. The van der Waals surface area contributed by atoms with E-state index in [2.05, 4.69) is 17.1 Å². The quantitative estimate of drug-likeness (QED) is 0.382. The fraction of sp³-hybridized carbons (Fsp3) is 0.545. The molecule has 11 heteroatoms. The lowest BCUT2D eigenvalue weighted by Gasteiger charge is -2.41. The van der Waals surface area contributed by atoms with Crippen LogP contribution in [0.1, 0.15) is 72.7 Å². The third kappa shape index (κ3) is 6.57. The molecule has 2 N–H and O–H groups in total. The van der Waals surface area contributed by atoms with Gasteiger partial charge >= 0.3 is 5.97 Å². The van der Waals surface area contributed by atoms with Crippen LogP contribution in [0.5, 0.6) is 0 Å². The molecule has 4 aliphatic rings. The Bertz CT molecular complexity index is 1450. The number of aliphatic carboxylic acids is 1. The molecule has 1 aromatic heterocycles. The number of nitrogens with one attached hydrogen (secondary N) is 1. The summed E-state index contributed by atoms with van der Waals surface area (Å²) in [5, 5.41) is 12.1. The van der Waals surface area contributed by atoms with Crippen molar-refractivity contribution in [1.82, 2.24) is 9.80 Å². The summed E-state index contributed by atoms with van der Waals surface area (Å²) >= 11 is 6.49. The zero-order valence-corrected chi connectivity index (χ0v) is 25.7. The number of halogens is 2. The number of rotatable bonds is 9. The van der Waals surface area contributed by atoms with Crippen LogP contribution in [0.2, 0.25) is 5.02 Å². The number of carbonyl (C=O) groups excluding carboxylic acids is 2. The molecule has 0 bridgehead atoms. The Balaban J connectivity index is 1.10. The summed E-state index contributed by atoms with van der Waals surface area (Å²) in [4.78, 5) is 42.1. The monoisotopic (exact) mass is 627 g/mol.